The predicted molar refractivity (Wildman–Crippen MR) is 136 cm³/mol. The van der Waals surface area contributed by atoms with Gasteiger partial charge < -0.3 is 9.80 Å². The van der Waals surface area contributed by atoms with Crippen LogP contribution in [0.5, 0.6) is 0 Å². The number of carbonyl (C=O) groups excluding carboxylic acids is 2. The van der Waals surface area contributed by atoms with Crippen LogP contribution in [0, 0.1) is 11.8 Å². The van der Waals surface area contributed by atoms with Gasteiger partial charge in [0.2, 0.25) is 0 Å². The van der Waals surface area contributed by atoms with E-state index < -0.39 is 0 Å². The van der Waals surface area contributed by atoms with Crippen LogP contribution in [0.15, 0.2) is 53.9 Å². The van der Waals surface area contributed by atoms with Crippen molar-refractivity contribution in [1.29, 1.82) is 0 Å². The van der Waals surface area contributed by atoms with Crippen molar-refractivity contribution in [2.24, 2.45) is 11.8 Å². The van der Waals surface area contributed by atoms with Gasteiger partial charge in [0.15, 0.2) is 0 Å². The zero-order chi connectivity index (χ0) is 24.1. The first-order chi connectivity index (χ1) is 16.4. The highest BCUT2D eigenvalue weighted by atomic mass is 32.1. The first-order valence-electron chi connectivity index (χ1n) is 12.1. The largest absolute Gasteiger partial charge is 0.337 e. The van der Waals surface area contributed by atoms with Crippen molar-refractivity contribution in [3.8, 4) is 0 Å². The third-order valence-corrected chi connectivity index (χ3v) is 7.54. The number of hydrogen-bond acceptors (Lipinski definition) is 4. The Morgan fingerprint density at radius 2 is 1.85 bits per heavy atom. The van der Waals surface area contributed by atoms with Gasteiger partial charge in [-0.25, -0.2) is 0 Å². The molecule has 0 radical (unpaired) electrons. The summed E-state index contributed by atoms with van der Waals surface area (Å²) in [6, 6.07) is 16.1. The van der Waals surface area contributed by atoms with Gasteiger partial charge in [0.1, 0.15) is 5.69 Å². The number of aromatic nitrogens is 2. The van der Waals surface area contributed by atoms with E-state index in [2.05, 4.69) is 36.2 Å². The Bertz CT molecular complexity index is 1070. The van der Waals surface area contributed by atoms with Crippen LogP contribution in [0.3, 0.4) is 0 Å². The highest BCUT2D eigenvalue weighted by Crippen LogP contribution is 2.28. The van der Waals surface area contributed by atoms with E-state index in [0.29, 0.717) is 30.6 Å². The van der Waals surface area contributed by atoms with Crippen molar-refractivity contribution in [1.82, 2.24) is 20.0 Å². The summed E-state index contributed by atoms with van der Waals surface area (Å²) in [5.74, 6) is 0.902. The Kier molecular flexibility index (Phi) is 7.83. The topological polar surface area (TPSA) is 69.3 Å². The lowest BCUT2D eigenvalue weighted by Crippen LogP contribution is -2.48. The molecule has 1 aliphatic rings. The summed E-state index contributed by atoms with van der Waals surface area (Å²) in [6.07, 6.45) is 3.43. The molecule has 1 aliphatic heterocycles. The molecular formula is C27H34N4O2S. The second-order valence-corrected chi connectivity index (χ2v) is 10.6. The summed E-state index contributed by atoms with van der Waals surface area (Å²) in [5.41, 5.74) is 2.73. The molecule has 1 N–H and O–H groups in total. The predicted octanol–water partition coefficient (Wildman–Crippen LogP) is 4.91. The van der Waals surface area contributed by atoms with Crippen LogP contribution in [0.2, 0.25) is 0 Å². The molecule has 1 saturated heterocycles. The molecule has 1 unspecified atom stereocenters. The van der Waals surface area contributed by atoms with E-state index in [4.69, 9.17) is 0 Å². The number of amides is 2. The van der Waals surface area contributed by atoms with Gasteiger partial charge in [-0.2, -0.15) is 5.10 Å². The molecule has 7 heteroatoms. The lowest BCUT2D eigenvalue weighted by Gasteiger charge is -2.40. The third kappa shape index (κ3) is 5.76. The highest BCUT2D eigenvalue weighted by molar-refractivity contribution is 7.12. The second kappa shape index (κ2) is 11.0. The molecule has 0 bridgehead atoms. The Balaban J connectivity index is 1.44. The van der Waals surface area contributed by atoms with E-state index in [0.717, 1.165) is 36.3 Å². The van der Waals surface area contributed by atoms with Crippen molar-refractivity contribution < 1.29 is 9.59 Å². The number of carbonyl (C=O) groups is 2. The van der Waals surface area contributed by atoms with Gasteiger partial charge in [-0.15, -0.1) is 11.3 Å². The van der Waals surface area contributed by atoms with Crippen molar-refractivity contribution in [2.45, 2.75) is 45.6 Å². The summed E-state index contributed by atoms with van der Waals surface area (Å²) in [4.78, 5) is 30.8. The van der Waals surface area contributed by atoms with Gasteiger partial charge in [-0.05, 0) is 60.6 Å². The number of hydrogen-bond donors (Lipinski definition) is 1. The van der Waals surface area contributed by atoms with Crippen LogP contribution in [0.4, 0.5) is 0 Å². The van der Waals surface area contributed by atoms with Crippen molar-refractivity contribution in [3.63, 3.8) is 0 Å². The van der Waals surface area contributed by atoms with Gasteiger partial charge in [0, 0.05) is 31.9 Å². The number of aromatic amines is 1. The van der Waals surface area contributed by atoms with Crippen molar-refractivity contribution in [2.75, 3.05) is 20.1 Å². The minimum atomic E-state index is -0.00710. The average Bonchev–Trinajstić information content (AvgIpc) is 3.54. The number of thiophene rings is 1. The molecule has 3 aromatic rings. The van der Waals surface area contributed by atoms with E-state index in [1.54, 1.807) is 0 Å². The molecule has 2 aromatic heterocycles. The molecule has 4 rings (SSSR count). The Morgan fingerprint density at radius 1 is 1.12 bits per heavy atom. The molecular weight excluding hydrogens is 444 g/mol. The maximum Gasteiger partial charge on any atom is 0.274 e. The fraction of sp³-hybridized carbons (Fsp3) is 0.444. The van der Waals surface area contributed by atoms with Crippen LogP contribution >= 0.6 is 11.3 Å². The molecule has 180 valence electrons. The van der Waals surface area contributed by atoms with Gasteiger partial charge in [0.05, 0.1) is 4.88 Å². The number of nitrogens with one attached hydrogen (secondary N) is 1. The number of H-pyrrole nitrogens is 1. The van der Waals surface area contributed by atoms with Gasteiger partial charge in [0.25, 0.3) is 11.8 Å². The van der Waals surface area contributed by atoms with Crippen LogP contribution < -0.4 is 0 Å². The highest BCUT2D eigenvalue weighted by Gasteiger charge is 2.34. The summed E-state index contributed by atoms with van der Waals surface area (Å²) in [7, 11) is 1.92. The summed E-state index contributed by atoms with van der Waals surface area (Å²) < 4.78 is 0. The van der Waals surface area contributed by atoms with Crippen molar-refractivity contribution >= 4 is 23.2 Å². The van der Waals surface area contributed by atoms with E-state index in [1.807, 2.05) is 58.6 Å². The maximum absolute atomic E-state index is 13.2. The summed E-state index contributed by atoms with van der Waals surface area (Å²) >= 11 is 1.48. The first-order valence-corrected chi connectivity index (χ1v) is 13.0. The quantitative estimate of drug-likeness (QED) is 0.500. The van der Waals surface area contributed by atoms with E-state index in [1.165, 1.54) is 16.9 Å². The van der Waals surface area contributed by atoms with Gasteiger partial charge >= 0.3 is 0 Å². The van der Waals surface area contributed by atoms with Gasteiger partial charge in [-0.1, -0.05) is 50.2 Å². The normalized spacial score (nSPS) is 15.5. The van der Waals surface area contributed by atoms with Crippen LogP contribution in [0.1, 0.15) is 58.1 Å². The van der Waals surface area contributed by atoms with E-state index >= 15 is 0 Å². The Labute approximate surface area is 206 Å². The average molecular weight is 479 g/mol. The number of piperidine rings is 1. The molecule has 34 heavy (non-hydrogen) atoms. The maximum atomic E-state index is 13.2. The number of likely N-dealkylation sites (N-methyl/N-ethyl adjacent to an activating group) is 1. The fourth-order valence-electron chi connectivity index (χ4n) is 4.86. The fourth-order valence-corrected chi connectivity index (χ4v) is 5.57. The minimum Gasteiger partial charge on any atom is -0.337 e. The summed E-state index contributed by atoms with van der Waals surface area (Å²) in [5, 5.41) is 9.22. The molecule has 0 aliphatic carbocycles. The standard InChI is InChI=1S/C27H34N4O2S/c1-19(2)16-22-18-23(29-28-22)26(32)31-13-11-21(12-14-31)24(17-20-8-5-4-6-9-20)30(3)27(33)25-10-7-15-34-25/h4-10,15,18-19,21,24H,11-14,16-17H2,1-3H3,(H,28,29). The van der Waals surface area contributed by atoms with Crippen LogP contribution in [-0.4, -0.2) is 58.0 Å². The number of nitrogens with zero attached hydrogens (tertiary/aromatic N) is 3. The molecule has 1 atom stereocenters. The number of rotatable bonds is 8. The molecule has 6 nitrogen and oxygen atoms in total. The molecule has 3 heterocycles. The summed E-state index contributed by atoms with van der Waals surface area (Å²) in [6.45, 7) is 5.67. The van der Waals surface area contributed by atoms with Crippen LogP contribution in [-0.2, 0) is 12.8 Å². The molecule has 1 fully saturated rings. The molecule has 2 amide bonds. The van der Waals surface area contributed by atoms with Crippen LogP contribution in [0.25, 0.3) is 0 Å². The molecule has 0 spiro atoms. The Hall–Kier alpha value is -2.93. The van der Waals surface area contributed by atoms with Gasteiger partial charge in [-0.3, -0.25) is 14.7 Å². The SMILES string of the molecule is CC(C)Cc1cc(C(=O)N2CCC(C(Cc3ccccc3)N(C)C(=O)c3cccs3)CC2)n[nH]1. The number of benzene rings is 1. The Morgan fingerprint density at radius 3 is 2.50 bits per heavy atom. The van der Waals surface area contributed by atoms with Crippen molar-refractivity contribution in [3.05, 3.63) is 75.7 Å². The number of likely N-dealkylation sites (tertiary alicyclic amines) is 1. The molecule has 1 aromatic carbocycles. The molecule has 0 saturated carbocycles. The monoisotopic (exact) mass is 478 g/mol. The lowest BCUT2D eigenvalue weighted by atomic mass is 9.84. The van der Waals surface area contributed by atoms with E-state index in [9.17, 15) is 9.59 Å². The minimum absolute atomic E-state index is 0.00710. The zero-order valence-corrected chi connectivity index (χ0v) is 21.1. The van der Waals surface area contributed by atoms with E-state index in [-0.39, 0.29) is 17.9 Å². The second-order valence-electron chi connectivity index (χ2n) is 9.66. The zero-order valence-electron chi connectivity index (χ0n) is 20.2. The smallest absolute Gasteiger partial charge is 0.274 e. The third-order valence-electron chi connectivity index (χ3n) is 6.69. The first kappa shape index (κ1) is 24.2. The lowest BCUT2D eigenvalue weighted by molar-refractivity contribution is 0.0522.